The van der Waals surface area contributed by atoms with Crippen LogP contribution in [0.15, 0.2) is 18.3 Å². The molecule has 4 nitrogen and oxygen atoms in total. The van der Waals surface area contributed by atoms with Crippen molar-refractivity contribution in [3.8, 4) is 0 Å². The molecule has 1 aromatic heterocycles. The van der Waals surface area contributed by atoms with Crippen molar-refractivity contribution in [3.63, 3.8) is 0 Å². The van der Waals surface area contributed by atoms with Gasteiger partial charge in [-0.2, -0.15) is 0 Å². The Kier molecular flexibility index (Phi) is 3.41. The van der Waals surface area contributed by atoms with Crippen LogP contribution in [0.4, 0.5) is 10.2 Å². The molecule has 2 saturated heterocycles. The van der Waals surface area contributed by atoms with E-state index in [2.05, 4.69) is 4.98 Å². The van der Waals surface area contributed by atoms with Gasteiger partial charge in [-0.15, -0.1) is 0 Å². The number of rotatable bonds is 2. The second kappa shape index (κ2) is 5.06. The molecule has 0 bridgehead atoms. The Morgan fingerprint density at radius 2 is 2.00 bits per heavy atom. The molecule has 0 spiro atoms. The van der Waals surface area contributed by atoms with Gasteiger partial charge in [0.25, 0.3) is 0 Å². The molecule has 1 aromatic rings. The van der Waals surface area contributed by atoms with E-state index < -0.39 is 5.79 Å². The Labute approximate surface area is 112 Å². The lowest BCUT2D eigenvalue weighted by Crippen LogP contribution is -2.44. The fourth-order valence-corrected chi connectivity index (χ4v) is 2.99. The smallest absolute Gasteiger partial charge is 0.168 e. The van der Waals surface area contributed by atoms with Gasteiger partial charge in [0.05, 0.1) is 13.2 Å². The number of halogens is 1. The van der Waals surface area contributed by atoms with Crippen LogP contribution >= 0.6 is 0 Å². The third-order valence-electron chi connectivity index (χ3n) is 4.14. The topological polar surface area (TPSA) is 34.6 Å². The van der Waals surface area contributed by atoms with Crippen LogP contribution in [0.2, 0.25) is 0 Å². The second-order valence-electron chi connectivity index (χ2n) is 5.28. The maximum atomic E-state index is 13.7. The third kappa shape index (κ3) is 2.44. The predicted molar refractivity (Wildman–Crippen MR) is 69.4 cm³/mol. The number of nitrogens with zero attached hydrogens (tertiary/aromatic N) is 2. The van der Waals surface area contributed by atoms with E-state index in [-0.39, 0.29) is 5.82 Å². The molecule has 3 rings (SSSR count). The molecule has 0 unspecified atom stereocenters. The van der Waals surface area contributed by atoms with Crippen LogP contribution in [-0.4, -0.2) is 37.1 Å². The molecule has 19 heavy (non-hydrogen) atoms. The lowest BCUT2D eigenvalue weighted by atomic mass is 9.89. The van der Waals surface area contributed by atoms with Crippen LogP contribution in [0.5, 0.6) is 0 Å². The van der Waals surface area contributed by atoms with Crippen LogP contribution < -0.4 is 4.90 Å². The first kappa shape index (κ1) is 12.8. The molecule has 2 aliphatic heterocycles. The Morgan fingerprint density at radius 1 is 1.32 bits per heavy atom. The summed E-state index contributed by atoms with van der Waals surface area (Å²) in [6, 6.07) is 3.08. The van der Waals surface area contributed by atoms with E-state index in [0.29, 0.717) is 24.9 Å². The van der Waals surface area contributed by atoms with Crippen LogP contribution in [0.3, 0.4) is 0 Å². The summed E-state index contributed by atoms with van der Waals surface area (Å²) >= 11 is 0. The molecule has 0 aliphatic carbocycles. The van der Waals surface area contributed by atoms with E-state index in [4.69, 9.17) is 9.47 Å². The SMILES string of the molecule is CC1(C2CCN(c3ncccc3F)CC2)OCCO1. The summed E-state index contributed by atoms with van der Waals surface area (Å²) in [6.45, 7) is 4.95. The molecule has 2 aliphatic rings. The highest BCUT2D eigenvalue weighted by Crippen LogP contribution is 2.36. The summed E-state index contributed by atoms with van der Waals surface area (Å²) in [5.41, 5.74) is 0. The van der Waals surface area contributed by atoms with Crippen molar-refractivity contribution in [2.75, 3.05) is 31.2 Å². The van der Waals surface area contributed by atoms with Crippen molar-refractivity contribution in [1.82, 2.24) is 4.98 Å². The monoisotopic (exact) mass is 266 g/mol. The fraction of sp³-hybridized carbons (Fsp3) is 0.643. The van der Waals surface area contributed by atoms with Gasteiger partial charge in [0, 0.05) is 25.2 Å². The lowest BCUT2D eigenvalue weighted by Gasteiger charge is -2.39. The van der Waals surface area contributed by atoms with Crippen molar-refractivity contribution >= 4 is 5.82 Å². The summed E-state index contributed by atoms with van der Waals surface area (Å²) in [5, 5.41) is 0. The molecule has 0 N–H and O–H groups in total. The van der Waals surface area contributed by atoms with E-state index in [1.54, 1.807) is 12.3 Å². The summed E-state index contributed by atoms with van der Waals surface area (Å²) in [7, 11) is 0. The van der Waals surface area contributed by atoms with Crippen molar-refractivity contribution in [2.24, 2.45) is 5.92 Å². The molecule has 0 aromatic carbocycles. The first-order valence-electron chi connectivity index (χ1n) is 6.82. The molecule has 3 heterocycles. The zero-order valence-electron chi connectivity index (χ0n) is 11.1. The van der Waals surface area contributed by atoms with E-state index in [9.17, 15) is 4.39 Å². The summed E-state index contributed by atoms with van der Waals surface area (Å²) in [6.07, 6.45) is 3.51. The Morgan fingerprint density at radius 3 is 2.63 bits per heavy atom. The molecular formula is C14H19FN2O2. The van der Waals surface area contributed by atoms with Gasteiger partial charge < -0.3 is 14.4 Å². The van der Waals surface area contributed by atoms with Crippen LogP contribution in [-0.2, 0) is 9.47 Å². The molecule has 0 atom stereocenters. The van der Waals surface area contributed by atoms with E-state index in [1.807, 2.05) is 11.8 Å². The minimum Gasteiger partial charge on any atom is -0.354 e. The minimum atomic E-state index is -0.450. The van der Waals surface area contributed by atoms with Gasteiger partial charge in [-0.3, -0.25) is 0 Å². The molecule has 0 saturated carbocycles. The third-order valence-corrected chi connectivity index (χ3v) is 4.14. The van der Waals surface area contributed by atoms with Gasteiger partial charge in [-0.05, 0) is 31.9 Å². The normalized spacial score (nSPS) is 23.8. The summed E-state index contributed by atoms with van der Waals surface area (Å²) < 4.78 is 25.1. The minimum absolute atomic E-state index is 0.250. The average Bonchev–Trinajstić information content (AvgIpc) is 2.88. The summed E-state index contributed by atoms with van der Waals surface area (Å²) in [5.74, 6) is 0.132. The lowest BCUT2D eigenvalue weighted by molar-refractivity contribution is -0.185. The maximum Gasteiger partial charge on any atom is 0.168 e. The number of piperidine rings is 1. The first-order valence-corrected chi connectivity index (χ1v) is 6.82. The summed E-state index contributed by atoms with van der Waals surface area (Å²) in [4.78, 5) is 6.13. The van der Waals surface area contributed by atoms with Gasteiger partial charge >= 0.3 is 0 Å². The van der Waals surface area contributed by atoms with E-state index in [0.717, 1.165) is 25.9 Å². The van der Waals surface area contributed by atoms with Gasteiger partial charge in [-0.1, -0.05) is 0 Å². The van der Waals surface area contributed by atoms with Gasteiger partial charge in [-0.25, -0.2) is 9.37 Å². The van der Waals surface area contributed by atoms with Crippen molar-refractivity contribution in [1.29, 1.82) is 0 Å². The van der Waals surface area contributed by atoms with E-state index >= 15 is 0 Å². The fourth-order valence-electron chi connectivity index (χ4n) is 2.99. The number of ether oxygens (including phenoxy) is 2. The highest BCUT2D eigenvalue weighted by Gasteiger charge is 2.41. The molecular weight excluding hydrogens is 247 g/mol. The maximum absolute atomic E-state index is 13.7. The molecule has 5 heteroatoms. The molecule has 0 radical (unpaired) electrons. The zero-order chi connectivity index (χ0) is 13.3. The van der Waals surface area contributed by atoms with Crippen molar-refractivity contribution < 1.29 is 13.9 Å². The molecule has 2 fully saturated rings. The standard InChI is InChI=1S/C14H19FN2O2/c1-14(18-9-10-19-14)11-4-7-17(8-5-11)13-12(15)3-2-6-16-13/h2-3,6,11H,4-5,7-10H2,1H3. The predicted octanol–water partition coefficient (Wildman–Crippen LogP) is 2.20. The Balaban J connectivity index is 1.65. The van der Waals surface area contributed by atoms with Gasteiger partial charge in [0.2, 0.25) is 0 Å². The van der Waals surface area contributed by atoms with Crippen molar-refractivity contribution in [2.45, 2.75) is 25.6 Å². The number of pyridine rings is 1. The number of aromatic nitrogens is 1. The number of anilines is 1. The largest absolute Gasteiger partial charge is 0.354 e. The van der Waals surface area contributed by atoms with Crippen molar-refractivity contribution in [3.05, 3.63) is 24.1 Å². The second-order valence-corrected chi connectivity index (χ2v) is 5.28. The van der Waals surface area contributed by atoms with Crippen LogP contribution in [0, 0.1) is 11.7 Å². The quantitative estimate of drug-likeness (QED) is 0.822. The van der Waals surface area contributed by atoms with E-state index in [1.165, 1.54) is 6.07 Å². The van der Waals surface area contributed by atoms with Gasteiger partial charge in [0.1, 0.15) is 0 Å². The average molecular weight is 266 g/mol. The number of hydrogen-bond acceptors (Lipinski definition) is 4. The Hall–Kier alpha value is -1.20. The zero-order valence-corrected chi connectivity index (χ0v) is 11.1. The highest BCUT2D eigenvalue weighted by molar-refractivity contribution is 5.39. The molecule has 104 valence electrons. The Bertz CT molecular complexity index is 441. The van der Waals surface area contributed by atoms with Crippen LogP contribution in [0.1, 0.15) is 19.8 Å². The molecule has 0 amide bonds. The van der Waals surface area contributed by atoms with Crippen LogP contribution in [0.25, 0.3) is 0 Å². The van der Waals surface area contributed by atoms with Gasteiger partial charge in [0.15, 0.2) is 17.4 Å². The first-order chi connectivity index (χ1) is 9.19. The number of hydrogen-bond donors (Lipinski definition) is 0. The highest BCUT2D eigenvalue weighted by atomic mass is 19.1.